The first-order valence-corrected chi connectivity index (χ1v) is 7.70. The molecule has 21 heavy (non-hydrogen) atoms. The summed E-state index contributed by atoms with van der Waals surface area (Å²) in [6.07, 6.45) is 0. The number of nitrogens with one attached hydrogen (secondary N) is 1. The first kappa shape index (κ1) is 14.0. The van der Waals surface area contributed by atoms with Gasteiger partial charge in [0.1, 0.15) is 5.75 Å². The predicted molar refractivity (Wildman–Crippen MR) is 85.7 cm³/mol. The maximum absolute atomic E-state index is 12.3. The van der Waals surface area contributed by atoms with Crippen molar-refractivity contribution in [2.75, 3.05) is 0 Å². The summed E-state index contributed by atoms with van der Waals surface area (Å²) in [5, 5.41) is 13.1. The second kappa shape index (κ2) is 5.11. The molecule has 110 valence electrons. The summed E-state index contributed by atoms with van der Waals surface area (Å²) in [6.45, 7) is 5.97. The van der Waals surface area contributed by atoms with E-state index in [1.54, 1.807) is 23.9 Å². The topological polar surface area (TPSA) is 70.4 Å². The molecule has 5 nitrogen and oxygen atoms in total. The van der Waals surface area contributed by atoms with E-state index in [4.69, 9.17) is 0 Å². The molecular formula is C15H17N3O2S. The first-order valence-electron chi connectivity index (χ1n) is 6.82. The zero-order chi connectivity index (χ0) is 15.1. The Morgan fingerprint density at radius 1 is 1.33 bits per heavy atom. The van der Waals surface area contributed by atoms with Crippen LogP contribution in [-0.4, -0.2) is 19.9 Å². The third-order valence-corrected chi connectivity index (χ3v) is 4.64. The molecule has 6 heteroatoms. The molecule has 0 aliphatic carbocycles. The number of aliphatic imine (C=N–C) groups is 1. The fourth-order valence-electron chi connectivity index (χ4n) is 2.47. The minimum atomic E-state index is -0.0967. The van der Waals surface area contributed by atoms with Crippen LogP contribution >= 0.6 is 11.8 Å². The Morgan fingerprint density at radius 2 is 2.00 bits per heavy atom. The molecule has 0 saturated heterocycles. The molecule has 0 radical (unpaired) electrons. The lowest BCUT2D eigenvalue weighted by atomic mass is 10.1. The van der Waals surface area contributed by atoms with Gasteiger partial charge >= 0.3 is 0 Å². The van der Waals surface area contributed by atoms with Crippen molar-refractivity contribution in [2.24, 2.45) is 4.99 Å². The Bertz CT molecular complexity index is 756. The number of phenolic OH excluding ortho intramolecular Hbond substituents is 1. The Hall–Kier alpha value is -1.95. The van der Waals surface area contributed by atoms with Crippen LogP contribution in [0.1, 0.15) is 43.2 Å². The number of rotatable bonds is 2. The quantitative estimate of drug-likeness (QED) is 0.893. The molecule has 1 unspecified atom stereocenters. The predicted octanol–water partition coefficient (Wildman–Crippen LogP) is 3.35. The van der Waals surface area contributed by atoms with Crippen LogP contribution in [0.3, 0.4) is 0 Å². The van der Waals surface area contributed by atoms with E-state index in [0.29, 0.717) is 11.4 Å². The first-order chi connectivity index (χ1) is 9.97. The van der Waals surface area contributed by atoms with Gasteiger partial charge in [0.15, 0.2) is 5.82 Å². The van der Waals surface area contributed by atoms with Gasteiger partial charge in [0, 0.05) is 6.04 Å². The van der Waals surface area contributed by atoms with Gasteiger partial charge < -0.3 is 5.11 Å². The lowest BCUT2D eigenvalue weighted by Gasteiger charge is -2.21. The van der Waals surface area contributed by atoms with Gasteiger partial charge in [-0.05, 0) is 38.5 Å². The van der Waals surface area contributed by atoms with Crippen LogP contribution in [0.25, 0.3) is 0 Å². The summed E-state index contributed by atoms with van der Waals surface area (Å²) in [6, 6.07) is 7.12. The van der Waals surface area contributed by atoms with Crippen LogP contribution in [0, 0.1) is 0 Å². The van der Waals surface area contributed by atoms with E-state index in [1.165, 1.54) is 0 Å². The highest BCUT2D eigenvalue weighted by molar-refractivity contribution is 8.14. The molecule has 2 aromatic rings. The van der Waals surface area contributed by atoms with Crippen molar-refractivity contribution in [1.82, 2.24) is 9.78 Å². The standard InChI is InChI=1S/C15H17N3O2S/c1-8(2)18-14-12(15(20)17-18)13(21-9(3)16-14)10-4-6-11(19)7-5-10/h4-8,13,19H,1-3H3,(H,17,20). The van der Waals surface area contributed by atoms with Crippen LogP contribution in [0.2, 0.25) is 0 Å². The highest BCUT2D eigenvalue weighted by Crippen LogP contribution is 2.44. The van der Waals surface area contributed by atoms with Gasteiger partial charge in [0.05, 0.1) is 15.9 Å². The van der Waals surface area contributed by atoms with Gasteiger partial charge in [-0.1, -0.05) is 23.9 Å². The van der Waals surface area contributed by atoms with E-state index in [-0.39, 0.29) is 22.6 Å². The number of benzene rings is 1. The summed E-state index contributed by atoms with van der Waals surface area (Å²) in [4.78, 5) is 16.9. The number of hydrogen-bond acceptors (Lipinski definition) is 4. The molecule has 0 saturated carbocycles. The van der Waals surface area contributed by atoms with E-state index >= 15 is 0 Å². The summed E-state index contributed by atoms with van der Waals surface area (Å²) in [7, 11) is 0. The number of aromatic amines is 1. The molecule has 2 heterocycles. The summed E-state index contributed by atoms with van der Waals surface area (Å²) < 4.78 is 1.81. The van der Waals surface area contributed by atoms with Gasteiger partial charge in [-0.2, -0.15) is 0 Å². The molecule has 0 bridgehead atoms. The van der Waals surface area contributed by atoms with Gasteiger partial charge in [0.25, 0.3) is 5.56 Å². The second-order valence-electron chi connectivity index (χ2n) is 5.36. The molecule has 1 aromatic carbocycles. The van der Waals surface area contributed by atoms with E-state index in [1.807, 2.05) is 37.6 Å². The van der Waals surface area contributed by atoms with Crippen molar-refractivity contribution >= 4 is 22.6 Å². The number of thioether (sulfide) groups is 1. The fourth-order valence-corrected chi connectivity index (χ4v) is 3.57. The Labute approximate surface area is 126 Å². The molecule has 1 aromatic heterocycles. The van der Waals surface area contributed by atoms with Gasteiger partial charge in [-0.25, -0.2) is 4.99 Å². The smallest absolute Gasteiger partial charge is 0.271 e. The summed E-state index contributed by atoms with van der Waals surface area (Å²) in [5.74, 6) is 0.933. The maximum Gasteiger partial charge on any atom is 0.271 e. The number of nitrogens with zero attached hydrogens (tertiary/aromatic N) is 2. The van der Waals surface area contributed by atoms with Crippen molar-refractivity contribution in [3.8, 4) is 5.75 Å². The van der Waals surface area contributed by atoms with Gasteiger partial charge in [-0.3, -0.25) is 14.6 Å². The molecule has 1 aliphatic heterocycles. The lowest BCUT2D eigenvalue weighted by molar-refractivity contribution is 0.475. The molecule has 2 N–H and O–H groups in total. The van der Waals surface area contributed by atoms with E-state index < -0.39 is 0 Å². The van der Waals surface area contributed by atoms with Crippen molar-refractivity contribution in [2.45, 2.75) is 32.1 Å². The van der Waals surface area contributed by atoms with E-state index in [0.717, 1.165) is 10.6 Å². The number of H-pyrrole nitrogens is 1. The van der Waals surface area contributed by atoms with Crippen molar-refractivity contribution in [3.63, 3.8) is 0 Å². The SMILES string of the molecule is CC1=Nc2c(c(=O)[nH]n2C(C)C)C(c2ccc(O)cc2)S1. The molecule has 1 atom stereocenters. The number of phenols is 1. The second-order valence-corrected chi connectivity index (χ2v) is 6.66. The average molecular weight is 303 g/mol. The van der Waals surface area contributed by atoms with Crippen LogP contribution in [-0.2, 0) is 0 Å². The summed E-state index contributed by atoms with van der Waals surface area (Å²) >= 11 is 1.56. The van der Waals surface area contributed by atoms with E-state index in [2.05, 4.69) is 10.1 Å². The minimum Gasteiger partial charge on any atom is -0.508 e. The average Bonchev–Trinajstić information content (AvgIpc) is 2.76. The number of fused-ring (bicyclic) bond motifs is 1. The molecule has 3 rings (SSSR count). The summed E-state index contributed by atoms with van der Waals surface area (Å²) in [5.41, 5.74) is 1.57. The third-order valence-electron chi connectivity index (χ3n) is 3.46. The number of aromatic hydroxyl groups is 1. The maximum atomic E-state index is 12.3. The van der Waals surface area contributed by atoms with Crippen LogP contribution < -0.4 is 5.56 Å². The highest BCUT2D eigenvalue weighted by Gasteiger charge is 2.30. The molecule has 0 spiro atoms. The van der Waals surface area contributed by atoms with Gasteiger partial charge in [0.2, 0.25) is 0 Å². The molecule has 1 aliphatic rings. The van der Waals surface area contributed by atoms with Crippen molar-refractivity contribution in [3.05, 3.63) is 45.7 Å². The Kier molecular flexibility index (Phi) is 3.41. The zero-order valence-electron chi connectivity index (χ0n) is 12.1. The van der Waals surface area contributed by atoms with Crippen LogP contribution in [0.15, 0.2) is 34.1 Å². The molecular weight excluding hydrogens is 286 g/mol. The van der Waals surface area contributed by atoms with Crippen molar-refractivity contribution in [1.29, 1.82) is 0 Å². The van der Waals surface area contributed by atoms with Crippen molar-refractivity contribution < 1.29 is 5.11 Å². The third kappa shape index (κ3) is 2.40. The van der Waals surface area contributed by atoms with Crippen LogP contribution in [0.4, 0.5) is 5.82 Å². The van der Waals surface area contributed by atoms with Crippen LogP contribution in [0.5, 0.6) is 5.75 Å². The molecule has 0 amide bonds. The monoisotopic (exact) mass is 303 g/mol. The normalized spacial score (nSPS) is 17.7. The minimum absolute atomic E-state index is 0.0955. The zero-order valence-corrected chi connectivity index (χ0v) is 12.9. The Morgan fingerprint density at radius 3 is 2.62 bits per heavy atom. The van der Waals surface area contributed by atoms with E-state index in [9.17, 15) is 9.90 Å². The van der Waals surface area contributed by atoms with Gasteiger partial charge in [-0.15, -0.1) is 0 Å². The molecule has 0 fully saturated rings. The largest absolute Gasteiger partial charge is 0.508 e. The lowest BCUT2D eigenvalue weighted by Crippen LogP contribution is -2.13. The number of aromatic nitrogens is 2. The fraction of sp³-hybridized carbons (Fsp3) is 0.333. The number of hydrogen-bond donors (Lipinski definition) is 2. The highest BCUT2D eigenvalue weighted by atomic mass is 32.2. The Balaban J connectivity index is 2.18.